The number of hydrogen-bond donors (Lipinski definition) is 2. The SMILES string of the molecule is C=C(O/C(Cc1ccc(Cl)c(Oc2cc(N)cc(Cl)c2)c1F)=N\N)c1ccoc1C. The van der Waals surface area contributed by atoms with Crippen LogP contribution in [0.15, 0.2) is 58.8 Å². The van der Waals surface area contributed by atoms with Gasteiger partial charge in [0.15, 0.2) is 11.6 Å². The van der Waals surface area contributed by atoms with E-state index in [0.29, 0.717) is 22.0 Å². The van der Waals surface area contributed by atoms with Crippen molar-refractivity contribution >= 4 is 40.5 Å². The van der Waals surface area contributed by atoms with Gasteiger partial charge in [-0.3, -0.25) is 0 Å². The van der Waals surface area contributed by atoms with Gasteiger partial charge in [-0.05, 0) is 31.2 Å². The maximum atomic E-state index is 15.1. The van der Waals surface area contributed by atoms with E-state index in [0.717, 1.165) is 0 Å². The number of furan rings is 1. The van der Waals surface area contributed by atoms with E-state index < -0.39 is 5.82 Å². The Bertz CT molecular complexity index is 1110. The Morgan fingerprint density at radius 3 is 2.63 bits per heavy atom. The molecule has 0 aliphatic carbocycles. The van der Waals surface area contributed by atoms with Crippen LogP contribution in [0.25, 0.3) is 5.76 Å². The van der Waals surface area contributed by atoms with Crippen molar-refractivity contribution in [1.82, 2.24) is 0 Å². The lowest BCUT2D eigenvalue weighted by molar-refractivity contribution is 0.438. The molecule has 3 aromatic rings. The minimum absolute atomic E-state index is 0.0415. The predicted molar refractivity (Wildman–Crippen MR) is 116 cm³/mol. The number of hydrazone groups is 1. The molecular weight excluding hydrogens is 432 g/mol. The molecule has 0 fully saturated rings. The summed E-state index contributed by atoms with van der Waals surface area (Å²) in [5.74, 6) is 5.71. The van der Waals surface area contributed by atoms with Gasteiger partial charge in [0.1, 0.15) is 17.3 Å². The van der Waals surface area contributed by atoms with Gasteiger partial charge in [-0.15, -0.1) is 5.10 Å². The van der Waals surface area contributed by atoms with Gasteiger partial charge in [0.2, 0.25) is 5.90 Å². The van der Waals surface area contributed by atoms with E-state index in [4.69, 9.17) is 48.7 Å². The third-order valence-corrected chi connectivity index (χ3v) is 4.64. The third-order valence-electron chi connectivity index (χ3n) is 4.13. The molecule has 0 saturated heterocycles. The number of aryl methyl sites for hydroxylation is 1. The zero-order valence-corrected chi connectivity index (χ0v) is 17.4. The fraction of sp³-hybridized carbons (Fsp3) is 0.0952. The Balaban J connectivity index is 1.83. The minimum Gasteiger partial charge on any atom is -0.469 e. The van der Waals surface area contributed by atoms with Crippen LogP contribution >= 0.6 is 23.2 Å². The van der Waals surface area contributed by atoms with Crippen LogP contribution in [0.3, 0.4) is 0 Å². The van der Waals surface area contributed by atoms with E-state index in [-0.39, 0.29) is 40.2 Å². The monoisotopic (exact) mass is 449 g/mol. The fourth-order valence-electron chi connectivity index (χ4n) is 2.71. The standard InChI is InChI=1S/C21H18Cl2FN3O3/c1-11-17(5-6-28-11)12(2)29-19(27-26)7-13-3-4-18(23)21(20(13)24)30-16-9-14(22)8-15(25)10-16/h3-6,8-10H,2,7,25-26H2,1H3/b27-19-. The van der Waals surface area contributed by atoms with Crippen LogP contribution < -0.4 is 16.3 Å². The topological polar surface area (TPSA) is 96.0 Å². The first-order valence-corrected chi connectivity index (χ1v) is 9.43. The Morgan fingerprint density at radius 2 is 2.00 bits per heavy atom. The van der Waals surface area contributed by atoms with Gasteiger partial charge in [-0.25, -0.2) is 4.39 Å². The summed E-state index contributed by atoms with van der Waals surface area (Å²) in [4.78, 5) is 0. The first-order chi connectivity index (χ1) is 14.3. The second-order valence-electron chi connectivity index (χ2n) is 6.29. The quantitative estimate of drug-likeness (QED) is 0.122. The number of hydrogen-bond acceptors (Lipinski definition) is 6. The average molecular weight is 450 g/mol. The van der Waals surface area contributed by atoms with Crippen LogP contribution in [-0.2, 0) is 11.2 Å². The number of nitrogen functional groups attached to an aromatic ring is 1. The Kier molecular flexibility index (Phi) is 6.54. The molecule has 0 radical (unpaired) electrons. The van der Waals surface area contributed by atoms with E-state index in [2.05, 4.69) is 11.7 Å². The van der Waals surface area contributed by atoms with Crippen LogP contribution in [0.5, 0.6) is 11.5 Å². The van der Waals surface area contributed by atoms with Gasteiger partial charge in [0, 0.05) is 22.3 Å². The van der Waals surface area contributed by atoms with Gasteiger partial charge in [-0.2, -0.15) is 0 Å². The summed E-state index contributed by atoms with van der Waals surface area (Å²) in [7, 11) is 0. The molecule has 9 heteroatoms. The summed E-state index contributed by atoms with van der Waals surface area (Å²) in [6.45, 7) is 5.59. The smallest absolute Gasteiger partial charge is 0.216 e. The molecule has 1 heterocycles. The molecule has 0 spiro atoms. The van der Waals surface area contributed by atoms with Crippen molar-refractivity contribution in [2.75, 3.05) is 5.73 Å². The molecule has 2 aromatic carbocycles. The van der Waals surface area contributed by atoms with Crippen molar-refractivity contribution < 1.29 is 18.3 Å². The lowest BCUT2D eigenvalue weighted by atomic mass is 10.1. The van der Waals surface area contributed by atoms with Gasteiger partial charge < -0.3 is 25.5 Å². The third kappa shape index (κ3) is 4.87. The Hall–Kier alpha value is -3.16. The molecule has 30 heavy (non-hydrogen) atoms. The summed E-state index contributed by atoms with van der Waals surface area (Å²) in [5, 5.41) is 4.01. The molecule has 0 bridgehead atoms. The highest BCUT2D eigenvalue weighted by molar-refractivity contribution is 6.32. The molecule has 3 rings (SSSR count). The predicted octanol–water partition coefficient (Wildman–Crippen LogP) is 5.91. The maximum Gasteiger partial charge on any atom is 0.216 e. The van der Waals surface area contributed by atoms with Crippen molar-refractivity contribution in [1.29, 1.82) is 0 Å². The Labute approximate surface area is 182 Å². The summed E-state index contributed by atoms with van der Waals surface area (Å²) in [6.07, 6.45) is 1.44. The lowest BCUT2D eigenvalue weighted by Gasteiger charge is -2.14. The normalized spacial score (nSPS) is 11.4. The molecule has 6 nitrogen and oxygen atoms in total. The summed E-state index contributed by atoms with van der Waals surface area (Å²) >= 11 is 12.1. The molecule has 0 unspecified atom stereocenters. The average Bonchev–Trinajstić information content (AvgIpc) is 3.12. The highest BCUT2D eigenvalue weighted by Gasteiger charge is 2.19. The molecule has 156 valence electrons. The highest BCUT2D eigenvalue weighted by atomic mass is 35.5. The van der Waals surface area contributed by atoms with Gasteiger partial charge >= 0.3 is 0 Å². The van der Waals surface area contributed by atoms with E-state index in [1.54, 1.807) is 19.1 Å². The summed E-state index contributed by atoms with van der Waals surface area (Å²) < 4.78 is 31.5. The van der Waals surface area contributed by atoms with Crippen molar-refractivity contribution in [3.8, 4) is 11.5 Å². The first kappa shape index (κ1) is 21.5. The molecule has 0 aliphatic rings. The second-order valence-corrected chi connectivity index (χ2v) is 7.13. The lowest BCUT2D eigenvalue weighted by Crippen LogP contribution is -2.12. The Morgan fingerprint density at radius 1 is 1.23 bits per heavy atom. The molecule has 0 amide bonds. The van der Waals surface area contributed by atoms with Crippen LogP contribution in [0, 0.1) is 12.7 Å². The number of anilines is 1. The van der Waals surface area contributed by atoms with Crippen molar-refractivity contribution in [2.45, 2.75) is 13.3 Å². The molecule has 4 N–H and O–H groups in total. The van der Waals surface area contributed by atoms with Gasteiger partial charge in [0.25, 0.3) is 0 Å². The minimum atomic E-state index is -0.698. The van der Waals surface area contributed by atoms with E-state index in [9.17, 15) is 0 Å². The summed E-state index contributed by atoms with van der Waals surface area (Å²) in [6, 6.07) is 9.20. The number of benzene rings is 2. The molecule has 0 aliphatic heterocycles. The zero-order valence-electron chi connectivity index (χ0n) is 15.9. The number of halogens is 3. The number of ether oxygens (including phenoxy) is 2. The fourth-order valence-corrected chi connectivity index (χ4v) is 3.13. The highest BCUT2D eigenvalue weighted by Crippen LogP contribution is 2.36. The maximum absolute atomic E-state index is 15.1. The van der Waals surface area contributed by atoms with Crippen molar-refractivity contribution in [3.05, 3.63) is 82.0 Å². The number of nitrogens with two attached hydrogens (primary N) is 2. The van der Waals surface area contributed by atoms with Crippen LogP contribution in [0.2, 0.25) is 10.0 Å². The van der Waals surface area contributed by atoms with E-state index in [1.807, 2.05) is 0 Å². The first-order valence-electron chi connectivity index (χ1n) is 8.67. The molecule has 1 aromatic heterocycles. The van der Waals surface area contributed by atoms with E-state index >= 15 is 4.39 Å². The van der Waals surface area contributed by atoms with E-state index in [1.165, 1.54) is 30.5 Å². The second kappa shape index (κ2) is 9.11. The van der Waals surface area contributed by atoms with Gasteiger partial charge in [0.05, 0.1) is 23.3 Å². The van der Waals surface area contributed by atoms with Gasteiger partial charge in [-0.1, -0.05) is 35.8 Å². The largest absolute Gasteiger partial charge is 0.469 e. The van der Waals surface area contributed by atoms with Crippen molar-refractivity contribution in [2.24, 2.45) is 10.9 Å². The molecule has 0 saturated carbocycles. The van der Waals surface area contributed by atoms with Crippen LogP contribution in [-0.4, -0.2) is 5.90 Å². The zero-order chi connectivity index (χ0) is 21.8. The molecular formula is C21H18Cl2FN3O3. The van der Waals surface area contributed by atoms with Crippen molar-refractivity contribution in [3.63, 3.8) is 0 Å². The van der Waals surface area contributed by atoms with Crippen LogP contribution in [0.1, 0.15) is 16.9 Å². The number of rotatable bonds is 6. The number of nitrogens with zero attached hydrogens (tertiary/aromatic N) is 1. The summed E-state index contributed by atoms with van der Waals surface area (Å²) in [5.41, 5.74) is 6.96. The van der Waals surface area contributed by atoms with Crippen LogP contribution in [0.4, 0.5) is 10.1 Å². The molecule has 0 atom stereocenters.